The first-order valence-corrected chi connectivity index (χ1v) is 7.90. The summed E-state index contributed by atoms with van der Waals surface area (Å²) in [4.78, 5) is 9.96. The van der Waals surface area contributed by atoms with Crippen LogP contribution in [0.3, 0.4) is 0 Å². The highest BCUT2D eigenvalue weighted by molar-refractivity contribution is 7.89. The molecule has 20 heavy (non-hydrogen) atoms. The van der Waals surface area contributed by atoms with E-state index in [1.165, 1.54) is 0 Å². The fraction of sp³-hybridized carbons (Fsp3) is 0.500. The summed E-state index contributed by atoms with van der Waals surface area (Å²) in [5.41, 5.74) is -0.219. The van der Waals surface area contributed by atoms with Crippen LogP contribution in [0.1, 0.15) is 32.1 Å². The average Bonchev–Trinajstić information content (AvgIpc) is 2.38. The molecular weight excluding hydrogens is 284 g/mol. The molecule has 8 heteroatoms. The number of nitro groups is 1. The fourth-order valence-corrected chi connectivity index (χ4v) is 2.95. The van der Waals surface area contributed by atoms with Crippen LogP contribution in [0.4, 0.5) is 5.69 Å². The van der Waals surface area contributed by atoms with Crippen molar-refractivity contribution >= 4 is 15.7 Å². The minimum absolute atomic E-state index is 0.0337. The van der Waals surface area contributed by atoms with Gasteiger partial charge in [0.1, 0.15) is 10.6 Å². The van der Waals surface area contributed by atoms with Crippen molar-refractivity contribution in [1.82, 2.24) is 0 Å². The lowest BCUT2D eigenvalue weighted by Crippen LogP contribution is -2.22. The molecule has 1 aromatic carbocycles. The normalized spacial score (nSPS) is 16.9. The highest BCUT2D eigenvalue weighted by atomic mass is 32.2. The molecule has 2 N–H and O–H groups in total. The zero-order chi connectivity index (χ0) is 14.8. The summed E-state index contributed by atoms with van der Waals surface area (Å²) in [6.07, 6.45) is 4.64. The van der Waals surface area contributed by atoms with Gasteiger partial charge in [-0.25, -0.2) is 13.6 Å². The highest BCUT2D eigenvalue weighted by Gasteiger charge is 2.23. The Bertz CT molecular complexity index is 608. The predicted molar refractivity (Wildman–Crippen MR) is 72.0 cm³/mol. The zero-order valence-electron chi connectivity index (χ0n) is 10.8. The van der Waals surface area contributed by atoms with Crippen molar-refractivity contribution in [3.63, 3.8) is 0 Å². The van der Waals surface area contributed by atoms with Crippen molar-refractivity contribution in [1.29, 1.82) is 0 Å². The molecule has 1 fully saturated rings. The number of sulfonamides is 1. The van der Waals surface area contributed by atoms with Crippen molar-refractivity contribution in [2.24, 2.45) is 5.14 Å². The molecule has 2 rings (SSSR count). The van der Waals surface area contributed by atoms with Gasteiger partial charge in [-0.2, -0.15) is 0 Å². The first-order chi connectivity index (χ1) is 9.38. The van der Waals surface area contributed by atoms with E-state index in [9.17, 15) is 18.5 Å². The number of primary sulfonamides is 1. The monoisotopic (exact) mass is 300 g/mol. The van der Waals surface area contributed by atoms with E-state index >= 15 is 0 Å². The quantitative estimate of drug-likeness (QED) is 0.674. The number of non-ortho nitro benzene ring substituents is 1. The molecule has 0 unspecified atom stereocenters. The second kappa shape index (κ2) is 5.76. The molecule has 1 aliphatic rings. The van der Waals surface area contributed by atoms with Gasteiger partial charge in [0.05, 0.1) is 17.1 Å². The van der Waals surface area contributed by atoms with Gasteiger partial charge in [0, 0.05) is 6.07 Å². The number of nitrogens with two attached hydrogens (primary N) is 1. The van der Waals surface area contributed by atoms with E-state index in [0.29, 0.717) is 0 Å². The lowest BCUT2D eigenvalue weighted by atomic mass is 9.98. The van der Waals surface area contributed by atoms with E-state index in [2.05, 4.69) is 0 Å². The standard InChI is InChI=1S/C12H16N2O5S/c13-20(17,18)12-7-6-9(14(15)16)8-11(12)19-10-4-2-1-3-5-10/h6-8,10H,1-5H2,(H2,13,17,18). The molecule has 0 bridgehead atoms. The first-order valence-electron chi connectivity index (χ1n) is 6.36. The van der Waals surface area contributed by atoms with Crippen molar-refractivity contribution in [3.05, 3.63) is 28.3 Å². The Kier molecular flexibility index (Phi) is 4.24. The number of hydrogen-bond acceptors (Lipinski definition) is 5. The Hall–Kier alpha value is -1.67. The van der Waals surface area contributed by atoms with E-state index in [4.69, 9.17) is 9.88 Å². The van der Waals surface area contributed by atoms with Crippen LogP contribution in [-0.4, -0.2) is 19.4 Å². The smallest absolute Gasteiger partial charge is 0.273 e. The molecule has 0 radical (unpaired) electrons. The topological polar surface area (TPSA) is 113 Å². The van der Waals surface area contributed by atoms with Crippen LogP contribution in [0.5, 0.6) is 5.75 Å². The van der Waals surface area contributed by atoms with Gasteiger partial charge in [-0.05, 0) is 31.7 Å². The van der Waals surface area contributed by atoms with Crippen LogP contribution in [0.2, 0.25) is 0 Å². The summed E-state index contributed by atoms with van der Waals surface area (Å²) in [5.74, 6) is -0.0337. The maximum Gasteiger partial charge on any atom is 0.273 e. The predicted octanol–water partition coefficient (Wildman–Crippen LogP) is 1.95. The molecular formula is C12H16N2O5S. The van der Waals surface area contributed by atoms with Crippen LogP contribution >= 0.6 is 0 Å². The first kappa shape index (κ1) is 14.7. The van der Waals surface area contributed by atoms with E-state index in [-0.39, 0.29) is 22.4 Å². The number of nitro benzene ring substituents is 1. The molecule has 110 valence electrons. The third kappa shape index (κ3) is 3.45. The zero-order valence-corrected chi connectivity index (χ0v) is 11.6. The third-order valence-corrected chi connectivity index (χ3v) is 4.24. The van der Waals surface area contributed by atoms with Crippen molar-refractivity contribution < 1.29 is 18.1 Å². The molecule has 0 atom stereocenters. The molecule has 0 spiro atoms. The molecule has 1 aromatic rings. The number of hydrogen-bond donors (Lipinski definition) is 1. The number of rotatable bonds is 4. The average molecular weight is 300 g/mol. The van der Waals surface area contributed by atoms with Crippen LogP contribution in [0.15, 0.2) is 23.1 Å². The molecule has 0 aliphatic heterocycles. The summed E-state index contributed by atoms with van der Waals surface area (Å²) >= 11 is 0. The SMILES string of the molecule is NS(=O)(=O)c1ccc([N+](=O)[O-])cc1OC1CCCCC1. The highest BCUT2D eigenvalue weighted by Crippen LogP contribution is 2.31. The lowest BCUT2D eigenvalue weighted by Gasteiger charge is -2.23. The van der Waals surface area contributed by atoms with Crippen LogP contribution in [0, 0.1) is 10.1 Å². The summed E-state index contributed by atoms with van der Waals surface area (Å²) in [6, 6.07) is 3.34. The van der Waals surface area contributed by atoms with Gasteiger partial charge in [0.2, 0.25) is 10.0 Å². The second-order valence-corrected chi connectivity index (χ2v) is 6.34. The lowest BCUT2D eigenvalue weighted by molar-refractivity contribution is -0.385. The number of nitrogens with zero attached hydrogens (tertiary/aromatic N) is 1. The number of ether oxygens (including phenoxy) is 1. The van der Waals surface area contributed by atoms with Gasteiger partial charge in [-0.3, -0.25) is 10.1 Å². The Morgan fingerprint density at radius 2 is 1.90 bits per heavy atom. The minimum atomic E-state index is -3.97. The maximum absolute atomic E-state index is 11.5. The summed E-state index contributed by atoms with van der Waals surface area (Å²) in [7, 11) is -3.97. The van der Waals surface area contributed by atoms with Crippen molar-refractivity contribution in [2.45, 2.75) is 43.1 Å². The molecule has 1 saturated carbocycles. The van der Waals surface area contributed by atoms with Crippen LogP contribution < -0.4 is 9.88 Å². The Labute approximate surface area is 116 Å². The second-order valence-electron chi connectivity index (χ2n) is 4.81. The van der Waals surface area contributed by atoms with E-state index in [0.717, 1.165) is 50.3 Å². The Balaban J connectivity index is 2.35. The molecule has 0 amide bonds. The van der Waals surface area contributed by atoms with E-state index in [1.54, 1.807) is 0 Å². The largest absolute Gasteiger partial charge is 0.489 e. The number of benzene rings is 1. The summed E-state index contributed by atoms with van der Waals surface area (Å²) < 4.78 is 28.6. The van der Waals surface area contributed by atoms with Gasteiger partial charge in [-0.1, -0.05) is 6.42 Å². The molecule has 1 aliphatic carbocycles. The summed E-state index contributed by atoms with van der Waals surface area (Å²) in [6.45, 7) is 0. The van der Waals surface area contributed by atoms with Gasteiger partial charge >= 0.3 is 0 Å². The van der Waals surface area contributed by atoms with E-state index < -0.39 is 14.9 Å². The molecule has 7 nitrogen and oxygen atoms in total. The van der Waals surface area contributed by atoms with Gasteiger partial charge in [0.25, 0.3) is 5.69 Å². The van der Waals surface area contributed by atoms with Gasteiger partial charge in [0.15, 0.2) is 0 Å². The van der Waals surface area contributed by atoms with Crippen LogP contribution in [-0.2, 0) is 10.0 Å². The molecule has 0 heterocycles. The minimum Gasteiger partial charge on any atom is -0.489 e. The maximum atomic E-state index is 11.5. The Morgan fingerprint density at radius 3 is 2.45 bits per heavy atom. The van der Waals surface area contributed by atoms with Gasteiger partial charge < -0.3 is 4.74 Å². The van der Waals surface area contributed by atoms with Crippen molar-refractivity contribution in [3.8, 4) is 5.75 Å². The van der Waals surface area contributed by atoms with Gasteiger partial charge in [-0.15, -0.1) is 0 Å². The van der Waals surface area contributed by atoms with Crippen molar-refractivity contribution in [2.75, 3.05) is 0 Å². The van der Waals surface area contributed by atoms with Crippen LogP contribution in [0.25, 0.3) is 0 Å². The van der Waals surface area contributed by atoms with E-state index in [1.807, 2.05) is 0 Å². The third-order valence-electron chi connectivity index (χ3n) is 3.29. The fourth-order valence-electron chi connectivity index (χ4n) is 2.30. The Morgan fingerprint density at radius 1 is 1.25 bits per heavy atom. The summed E-state index contributed by atoms with van der Waals surface area (Å²) in [5, 5.41) is 15.9. The molecule has 0 aromatic heterocycles. The molecule has 0 saturated heterocycles.